The molecule has 0 spiro atoms. The number of benzene rings is 1. The van der Waals surface area contributed by atoms with Crippen LogP contribution < -0.4 is 5.73 Å². The fourth-order valence-corrected chi connectivity index (χ4v) is 2.63. The zero-order chi connectivity index (χ0) is 12.3. The zero-order valence-electron chi connectivity index (χ0n) is 10.9. The number of rotatable bonds is 5. The van der Waals surface area contributed by atoms with Gasteiger partial charge in [0.1, 0.15) is 0 Å². The first-order valence-corrected chi connectivity index (χ1v) is 6.62. The third kappa shape index (κ3) is 3.30. The van der Waals surface area contributed by atoms with Gasteiger partial charge in [-0.2, -0.15) is 0 Å². The van der Waals surface area contributed by atoms with Crippen LogP contribution >= 0.6 is 0 Å². The normalized spacial score (nSPS) is 25.4. The minimum atomic E-state index is 0.183. The Hall–Kier alpha value is -0.860. The summed E-state index contributed by atoms with van der Waals surface area (Å²) in [5, 5.41) is 0. The third-order valence-corrected chi connectivity index (χ3v) is 3.65. The molecule has 1 aromatic rings. The summed E-state index contributed by atoms with van der Waals surface area (Å²) in [6.07, 6.45) is 3.96. The van der Waals surface area contributed by atoms with Crippen LogP contribution in [0.25, 0.3) is 0 Å². The van der Waals surface area contributed by atoms with Gasteiger partial charge in [-0.15, -0.1) is 0 Å². The second-order valence-electron chi connectivity index (χ2n) is 5.17. The summed E-state index contributed by atoms with van der Waals surface area (Å²) < 4.78 is 5.57. The Bertz CT molecular complexity index is 358. The third-order valence-electron chi connectivity index (χ3n) is 3.65. The average Bonchev–Trinajstić information content (AvgIpc) is 2.26. The summed E-state index contributed by atoms with van der Waals surface area (Å²) in [6.45, 7) is 5.01. The maximum Gasteiger partial charge on any atom is 0.0580 e. The Balaban J connectivity index is 1.80. The summed E-state index contributed by atoms with van der Waals surface area (Å²) in [7, 11) is 0. The molecule has 1 fully saturated rings. The van der Waals surface area contributed by atoms with E-state index in [1.54, 1.807) is 0 Å². The number of aryl methyl sites for hydroxylation is 1. The molecular formula is C15H23NO. The Kier molecular flexibility index (Phi) is 4.19. The van der Waals surface area contributed by atoms with E-state index in [1.807, 2.05) is 0 Å². The van der Waals surface area contributed by atoms with Gasteiger partial charge in [-0.1, -0.05) is 29.8 Å². The Labute approximate surface area is 104 Å². The van der Waals surface area contributed by atoms with Gasteiger partial charge in [0, 0.05) is 12.6 Å². The molecule has 0 bridgehead atoms. The van der Waals surface area contributed by atoms with E-state index >= 15 is 0 Å². The van der Waals surface area contributed by atoms with E-state index in [-0.39, 0.29) is 6.04 Å². The van der Waals surface area contributed by atoms with Crippen LogP contribution in [0.15, 0.2) is 24.3 Å². The predicted octanol–water partition coefficient (Wildman–Crippen LogP) is 3.20. The SMILES string of the molecule is CCOC1CC(CC(N)c2cccc(C)c2)C1. The van der Waals surface area contributed by atoms with Crippen molar-refractivity contribution in [1.29, 1.82) is 0 Å². The first kappa shape index (κ1) is 12.6. The lowest BCUT2D eigenvalue weighted by atomic mass is 9.77. The number of hydrogen-bond donors (Lipinski definition) is 1. The molecule has 1 aromatic carbocycles. The minimum Gasteiger partial charge on any atom is -0.378 e. The first-order valence-electron chi connectivity index (χ1n) is 6.62. The van der Waals surface area contributed by atoms with Crippen LogP contribution in [-0.4, -0.2) is 12.7 Å². The molecule has 1 aliphatic rings. The van der Waals surface area contributed by atoms with E-state index in [1.165, 1.54) is 24.0 Å². The van der Waals surface area contributed by atoms with Crippen molar-refractivity contribution in [3.8, 4) is 0 Å². The maximum atomic E-state index is 6.25. The lowest BCUT2D eigenvalue weighted by Crippen LogP contribution is -2.33. The molecule has 1 unspecified atom stereocenters. The van der Waals surface area contributed by atoms with Crippen molar-refractivity contribution < 1.29 is 4.74 Å². The van der Waals surface area contributed by atoms with Gasteiger partial charge in [0.15, 0.2) is 0 Å². The van der Waals surface area contributed by atoms with E-state index in [4.69, 9.17) is 10.5 Å². The van der Waals surface area contributed by atoms with E-state index < -0.39 is 0 Å². The number of nitrogens with two attached hydrogens (primary N) is 1. The van der Waals surface area contributed by atoms with Crippen molar-refractivity contribution >= 4 is 0 Å². The summed E-state index contributed by atoms with van der Waals surface area (Å²) in [4.78, 5) is 0. The summed E-state index contributed by atoms with van der Waals surface area (Å²) in [6, 6.07) is 8.72. The molecule has 0 aromatic heterocycles. The second-order valence-corrected chi connectivity index (χ2v) is 5.17. The fourth-order valence-electron chi connectivity index (χ4n) is 2.63. The first-order chi connectivity index (χ1) is 8.19. The Morgan fingerprint density at radius 1 is 1.41 bits per heavy atom. The molecular weight excluding hydrogens is 210 g/mol. The topological polar surface area (TPSA) is 35.2 Å². The van der Waals surface area contributed by atoms with Crippen LogP contribution in [0.3, 0.4) is 0 Å². The highest BCUT2D eigenvalue weighted by Crippen LogP contribution is 2.36. The standard InChI is InChI=1S/C15H23NO/c1-3-17-14-8-12(9-14)10-15(16)13-6-4-5-11(2)7-13/h4-7,12,14-15H,3,8-10,16H2,1-2H3. The van der Waals surface area contributed by atoms with Gasteiger partial charge in [-0.05, 0) is 44.6 Å². The van der Waals surface area contributed by atoms with Gasteiger partial charge >= 0.3 is 0 Å². The summed E-state index contributed by atoms with van der Waals surface area (Å²) in [5.41, 5.74) is 8.81. The quantitative estimate of drug-likeness (QED) is 0.847. The zero-order valence-corrected chi connectivity index (χ0v) is 10.9. The molecule has 1 aliphatic carbocycles. The molecule has 0 amide bonds. The lowest BCUT2D eigenvalue weighted by molar-refractivity contribution is -0.0282. The molecule has 2 rings (SSSR count). The van der Waals surface area contributed by atoms with Crippen molar-refractivity contribution in [2.45, 2.75) is 45.3 Å². The molecule has 2 nitrogen and oxygen atoms in total. The fraction of sp³-hybridized carbons (Fsp3) is 0.600. The van der Waals surface area contributed by atoms with Crippen LogP contribution in [-0.2, 0) is 4.74 Å². The lowest BCUT2D eigenvalue weighted by Gasteiger charge is -2.36. The maximum absolute atomic E-state index is 6.25. The molecule has 1 atom stereocenters. The highest BCUT2D eigenvalue weighted by molar-refractivity contribution is 5.24. The van der Waals surface area contributed by atoms with Crippen molar-refractivity contribution in [2.24, 2.45) is 11.7 Å². The molecule has 17 heavy (non-hydrogen) atoms. The van der Waals surface area contributed by atoms with Crippen molar-refractivity contribution in [1.82, 2.24) is 0 Å². The van der Waals surface area contributed by atoms with Crippen molar-refractivity contribution in [3.63, 3.8) is 0 Å². The van der Waals surface area contributed by atoms with Crippen LogP contribution in [0.2, 0.25) is 0 Å². The smallest absolute Gasteiger partial charge is 0.0580 e. The van der Waals surface area contributed by atoms with Gasteiger partial charge in [-0.25, -0.2) is 0 Å². The van der Waals surface area contributed by atoms with E-state index in [0.29, 0.717) is 6.10 Å². The highest BCUT2D eigenvalue weighted by Gasteiger charge is 2.30. The molecule has 0 saturated heterocycles. The molecule has 94 valence electrons. The molecule has 1 saturated carbocycles. The van der Waals surface area contributed by atoms with E-state index in [2.05, 4.69) is 38.1 Å². The number of ether oxygens (including phenoxy) is 1. The van der Waals surface area contributed by atoms with Crippen LogP contribution in [0.5, 0.6) is 0 Å². The largest absolute Gasteiger partial charge is 0.378 e. The van der Waals surface area contributed by atoms with Gasteiger partial charge in [0.2, 0.25) is 0 Å². The predicted molar refractivity (Wildman–Crippen MR) is 70.9 cm³/mol. The average molecular weight is 233 g/mol. The van der Waals surface area contributed by atoms with Gasteiger partial charge in [0.05, 0.1) is 6.10 Å². The van der Waals surface area contributed by atoms with Crippen molar-refractivity contribution in [2.75, 3.05) is 6.61 Å². The van der Waals surface area contributed by atoms with Crippen LogP contribution in [0.1, 0.15) is 43.4 Å². The Morgan fingerprint density at radius 2 is 2.18 bits per heavy atom. The summed E-state index contributed by atoms with van der Waals surface area (Å²) in [5.74, 6) is 0.752. The molecule has 2 heteroatoms. The molecule has 0 radical (unpaired) electrons. The van der Waals surface area contributed by atoms with E-state index in [9.17, 15) is 0 Å². The van der Waals surface area contributed by atoms with Gasteiger partial charge in [0.25, 0.3) is 0 Å². The van der Waals surface area contributed by atoms with Crippen LogP contribution in [0.4, 0.5) is 0 Å². The monoisotopic (exact) mass is 233 g/mol. The second kappa shape index (κ2) is 5.65. The number of hydrogen-bond acceptors (Lipinski definition) is 2. The van der Waals surface area contributed by atoms with Gasteiger partial charge in [-0.3, -0.25) is 0 Å². The minimum absolute atomic E-state index is 0.183. The van der Waals surface area contributed by atoms with Crippen LogP contribution in [0, 0.1) is 12.8 Å². The molecule has 0 heterocycles. The van der Waals surface area contributed by atoms with E-state index in [0.717, 1.165) is 18.9 Å². The van der Waals surface area contributed by atoms with Crippen molar-refractivity contribution in [3.05, 3.63) is 35.4 Å². The Morgan fingerprint density at radius 3 is 2.82 bits per heavy atom. The summed E-state index contributed by atoms with van der Waals surface area (Å²) >= 11 is 0. The molecule has 0 aliphatic heterocycles. The highest BCUT2D eigenvalue weighted by atomic mass is 16.5. The molecule has 2 N–H and O–H groups in total. The van der Waals surface area contributed by atoms with Gasteiger partial charge < -0.3 is 10.5 Å².